The van der Waals surface area contributed by atoms with E-state index in [1.165, 1.54) is 12.0 Å². The van der Waals surface area contributed by atoms with Crippen molar-refractivity contribution in [1.29, 1.82) is 0 Å². The number of aliphatic hydroxyl groups is 1. The van der Waals surface area contributed by atoms with Gasteiger partial charge in [0.2, 0.25) is 6.79 Å². The maximum atomic E-state index is 13.4. The first-order valence-corrected chi connectivity index (χ1v) is 11.3. The van der Waals surface area contributed by atoms with Gasteiger partial charge in [-0.1, -0.05) is 12.1 Å². The number of hydrogen-bond acceptors (Lipinski definition) is 8. The van der Waals surface area contributed by atoms with Crippen LogP contribution in [0.25, 0.3) is 5.76 Å². The summed E-state index contributed by atoms with van der Waals surface area (Å²) in [5.74, 6) is 0.642. The SMILES string of the molecule is COc1cccc(C2/C(=C(\O)c3ccc4c(c3)OCO4)C(=O)C(=O)N2c2ccc3c(c2)OCCO3)c1. The summed E-state index contributed by atoms with van der Waals surface area (Å²) in [6.45, 7) is 0.868. The van der Waals surface area contributed by atoms with E-state index in [0.29, 0.717) is 58.8 Å². The average Bonchev–Trinajstić information content (AvgIpc) is 3.49. The lowest BCUT2D eigenvalue weighted by molar-refractivity contribution is -0.132. The third-order valence-corrected chi connectivity index (χ3v) is 6.30. The number of benzene rings is 3. The van der Waals surface area contributed by atoms with Gasteiger partial charge < -0.3 is 28.8 Å². The molecule has 1 fully saturated rings. The van der Waals surface area contributed by atoms with Crippen LogP contribution in [0.15, 0.2) is 66.2 Å². The first kappa shape index (κ1) is 21.8. The summed E-state index contributed by atoms with van der Waals surface area (Å²) in [6, 6.07) is 16.0. The van der Waals surface area contributed by atoms with Crippen LogP contribution in [-0.2, 0) is 9.59 Å². The van der Waals surface area contributed by atoms with Crippen LogP contribution < -0.4 is 28.6 Å². The molecule has 0 aliphatic carbocycles. The zero-order valence-electron chi connectivity index (χ0n) is 19.2. The molecule has 1 unspecified atom stereocenters. The third-order valence-electron chi connectivity index (χ3n) is 6.30. The molecule has 1 saturated heterocycles. The van der Waals surface area contributed by atoms with Crippen LogP contribution in [0.2, 0.25) is 0 Å². The lowest BCUT2D eigenvalue weighted by Crippen LogP contribution is -2.29. The topological polar surface area (TPSA) is 104 Å². The van der Waals surface area contributed by atoms with Crippen molar-refractivity contribution < 1.29 is 38.4 Å². The fraction of sp³-hybridized carbons (Fsp3) is 0.185. The van der Waals surface area contributed by atoms with Crippen LogP contribution in [0.3, 0.4) is 0 Å². The Morgan fingerprint density at radius 3 is 2.44 bits per heavy atom. The van der Waals surface area contributed by atoms with Crippen molar-refractivity contribution in [2.24, 2.45) is 0 Å². The minimum Gasteiger partial charge on any atom is -0.507 e. The first-order valence-electron chi connectivity index (χ1n) is 11.3. The Bertz CT molecular complexity index is 1430. The molecule has 3 aromatic carbocycles. The largest absolute Gasteiger partial charge is 0.507 e. The second-order valence-corrected chi connectivity index (χ2v) is 8.34. The van der Waals surface area contributed by atoms with Crippen LogP contribution in [0, 0.1) is 0 Å². The fourth-order valence-corrected chi connectivity index (χ4v) is 4.61. The van der Waals surface area contributed by atoms with Crippen LogP contribution in [0.4, 0.5) is 5.69 Å². The molecule has 3 aliphatic heterocycles. The van der Waals surface area contributed by atoms with E-state index in [1.807, 2.05) is 0 Å². The Kier molecular flexibility index (Phi) is 5.18. The Balaban J connectivity index is 1.53. The predicted molar refractivity (Wildman–Crippen MR) is 128 cm³/mol. The second kappa shape index (κ2) is 8.53. The second-order valence-electron chi connectivity index (χ2n) is 8.34. The number of aliphatic hydroxyl groups excluding tert-OH is 1. The van der Waals surface area contributed by atoms with Crippen molar-refractivity contribution in [1.82, 2.24) is 0 Å². The van der Waals surface area contributed by atoms with E-state index in [9.17, 15) is 14.7 Å². The molecule has 1 N–H and O–H groups in total. The molecule has 3 heterocycles. The third kappa shape index (κ3) is 3.48. The number of fused-ring (bicyclic) bond motifs is 2. The van der Waals surface area contributed by atoms with Crippen LogP contribution in [0.1, 0.15) is 17.2 Å². The maximum absolute atomic E-state index is 13.4. The number of nitrogens with zero attached hydrogens (tertiary/aromatic N) is 1. The van der Waals surface area contributed by atoms with E-state index < -0.39 is 17.7 Å². The van der Waals surface area contributed by atoms with Gasteiger partial charge in [-0.25, -0.2) is 0 Å². The molecule has 9 heteroatoms. The van der Waals surface area contributed by atoms with Crippen molar-refractivity contribution >= 4 is 23.1 Å². The lowest BCUT2D eigenvalue weighted by atomic mass is 9.94. The van der Waals surface area contributed by atoms with Gasteiger partial charge in [-0.2, -0.15) is 0 Å². The molecule has 1 amide bonds. The molecular formula is C27H21NO8. The molecule has 0 bridgehead atoms. The van der Waals surface area contributed by atoms with E-state index in [1.54, 1.807) is 60.7 Å². The Morgan fingerprint density at radius 1 is 0.889 bits per heavy atom. The number of anilines is 1. The molecule has 3 aliphatic rings. The number of ether oxygens (including phenoxy) is 5. The van der Waals surface area contributed by atoms with Gasteiger partial charge in [0.15, 0.2) is 23.0 Å². The molecule has 0 radical (unpaired) electrons. The highest BCUT2D eigenvalue weighted by Crippen LogP contribution is 2.45. The first-order chi connectivity index (χ1) is 17.5. The number of carbonyl (C=O) groups is 2. The molecular weight excluding hydrogens is 466 g/mol. The monoisotopic (exact) mass is 487 g/mol. The summed E-state index contributed by atoms with van der Waals surface area (Å²) in [5, 5.41) is 11.4. The molecule has 9 nitrogen and oxygen atoms in total. The smallest absolute Gasteiger partial charge is 0.300 e. The summed E-state index contributed by atoms with van der Waals surface area (Å²) >= 11 is 0. The van der Waals surface area contributed by atoms with Gasteiger partial charge >= 0.3 is 0 Å². The number of Topliss-reactive ketones (excluding diaryl/α,β-unsaturated/α-hetero) is 1. The number of carbonyl (C=O) groups excluding carboxylic acids is 2. The number of hydrogen-bond donors (Lipinski definition) is 1. The minimum atomic E-state index is -0.923. The summed E-state index contributed by atoms with van der Waals surface area (Å²) in [5.41, 5.74) is 1.29. The Labute approximate surface area is 206 Å². The summed E-state index contributed by atoms with van der Waals surface area (Å²) in [6.07, 6.45) is 0. The summed E-state index contributed by atoms with van der Waals surface area (Å²) < 4.78 is 27.4. The quantitative estimate of drug-likeness (QED) is 0.337. The predicted octanol–water partition coefficient (Wildman–Crippen LogP) is 3.82. The highest BCUT2D eigenvalue weighted by Gasteiger charge is 2.47. The maximum Gasteiger partial charge on any atom is 0.300 e. The van der Waals surface area contributed by atoms with Gasteiger partial charge in [-0.15, -0.1) is 0 Å². The molecule has 0 saturated carbocycles. The number of amides is 1. The van der Waals surface area contributed by atoms with Gasteiger partial charge in [0.05, 0.1) is 18.7 Å². The van der Waals surface area contributed by atoms with E-state index in [0.717, 1.165) is 0 Å². The Morgan fingerprint density at radius 2 is 1.61 bits per heavy atom. The van der Waals surface area contributed by atoms with Crippen molar-refractivity contribution in [3.63, 3.8) is 0 Å². The zero-order valence-corrected chi connectivity index (χ0v) is 19.2. The van der Waals surface area contributed by atoms with Gasteiger partial charge in [-0.05, 0) is 48.0 Å². The van der Waals surface area contributed by atoms with Gasteiger partial charge in [0, 0.05) is 17.3 Å². The molecule has 36 heavy (non-hydrogen) atoms. The van der Waals surface area contributed by atoms with Crippen molar-refractivity contribution in [2.45, 2.75) is 6.04 Å². The molecule has 1 atom stereocenters. The molecule has 3 aromatic rings. The Hall–Kier alpha value is -4.66. The highest BCUT2D eigenvalue weighted by molar-refractivity contribution is 6.51. The molecule has 182 valence electrons. The lowest BCUT2D eigenvalue weighted by Gasteiger charge is -2.27. The normalized spacial score (nSPS) is 19.5. The zero-order chi connectivity index (χ0) is 24.8. The summed E-state index contributed by atoms with van der Waals surface area (Å²) in [7, 11) is 1.53. The molecule has 6 rings (SSSR count). The van der Waals surface area contributed by atoms with Gasteiger partial charge in [0.1, 0.15) is 24.7 Å². The van der Waals surface area contributed by atoms with Crippen LogP contribution in [0.5, 0.6) is 28.7 Å². The highest BCUT2D eigenvalue weighted by atomic mass is 16.7. The molecule has 0 spiro atoms. The average molecular weight is 487 g/mol. The number of methoxy groups -OCH3 is 1. The van der Waals surface area contributed by atoms with Gasteiger partial charge in [-0.3, -0.25) is 14.5 Å². The van der Waals surface area contributed by atoms with Crippen molar-refractivity contribution in [3.8, 4) is 28.7 Å². The van der Waals surface area contributed by atoms with E-state index in [2.05, 4.69) is 0 Å². The van der Waals surface area contributed by atoms with Gasteiger partial charge in [0.25, 0.3) is 11.7 Å². The van der Waals surface area contributed by atoms with Crippen molar-refractivity contribution in [2.75, 3.05) is 32.0 Å². The molecule has 0 aromatic heterocycles. The fourth-order valence-electron chi connectivity index (χ4n) is 4.61. The number of ketones is 1. The van der Waals surface area contributed by atoms with E-state index in [-0.39, 0.29) is 18.1 Å². The van der Waals surface area contributed by atoms with Crippen LogP contribution in [-0.4, -0.2) is 43.9 Å². The van der Waals surface area contributed by atoms with E-state index >= 15 is 0 Å². The summed E-state index contributed by atoms with van der Waals surface area (Å²) in [4.78, 5) is 28.2. The van der Waals surface area contributed by atoms with E-state index in [4.69, 9.17) is 23.7 Å². The number of rotatable bonds is 4. The van der Waals surface area contributed by atoms with Crippen LogP contribution >= 0.6 is 0 Å². The minimum absolute atomic E-state index is 0.0537. The standard InChI is InChI=1S/C27H21NO8/c1-32-18-4-2-3-15(11-18)24-23(25(29)16-5-7-20-21(12-16)36-14-35-20)26(30)27(31)28(24)17-6-8-19-22(13-17)34-10-9-33-19/h2-8,11-13,24,29H,9-10,14H2,1H3/b25-23+. The van der Waals surface area contributed by atoms with Crippen molar-refractivity contribution in [3.05, 3.63) is 77.4 Å².